The molecule has 1 amide bonds. The standard InChI is InChI=1S/C21H33ClN2O3/c1-15(13-25)23(5)20(26)16-6-7-19(18(22)12-16)27-17-8-10-24(11-9-17)14-21(2,3)4/h6-7,12,15,17,25H,8-11,13-14H2,1-5H3/t15-/m0/s1. The Balaban J connectivity index is 1.94. The lowest BCUT2D eigenvalue weighted by atomic mass is 9.94. The first-order valence-electron chi connectivity index (χ1n) is 9.67. The van der Waals surface area contributed by atoms with E-state index < -0.39 is 0 Å². The number of piperidine rings is 1. The number of halogens is 1. The molecule has 1 aromatic rings. The highest BCUT2D eigenvalue weighted by Gasteiger charge is 2.25. The highest BCUT2D eigenvalue weighted by molar-refractivity contribution is 6.32. The Morgan fingerprint density at radius 3 is 2.52 bits per heavy atom. The number of likely N-dealkylation sites (N-methyl/N-ethyl adjacent to an activating group) is 1. The molecule has 0 aromatic heterocycles. The van der Waals surface area contributed by atoms with Gasteiger partial charge in [0.25, 0.3) is 5.91 Å². The van der Waals surface area contributed by atoms with Crippen LogP contribution in [0.15, 0.2) is 18.2 Å². The molecular formula is C21H33ClN2O3. The fourth-order valence-corrected chi connectivity index (χ4v) is 3.52. The lowest BCUT2D eigenvalue weighted by Gasteiger charge is -2.36. The van der Waals surface area contributed by atoms with Crippen LogP contribution in [0.25, 0.3) is 0 Å². The topological polar surface area (TPSA) is 53.0 Å². The van der Waals surface area contributed by atoms with Crippen LogP contribution in [0.1, 0.15) is 50.9 Å². The predicted molar refractivity (Wildman–Crippen MR) is 110 cm³/mol. The van der Waals surface area contributed by atoms with Crippen LogP contribution in [0.3, 0.4) is 0 Å². The molecule has 0 aliphatic carbocycles. The zero-order valence-electron chi connectivity index (χ0n) is 17.2. The highest BCUT2D eigenvalue weighted by atomic mass is 35.5. The number of carbonyl (C=O) groups excluding carboxylic acids is 1. The molecule has 1 heterocycles. The quantitative estimate of drug-likeness (QED) is 0.796. The third-order valence-corrected chi connectivity index (χ3v) is 5.25. The average Bonchev–Trinajstić information content (AvgIpc) is 2.61. The molecule has 5 nitrogen and oxygen atoms in total. The predicted octanol–water partition coefficient (Wildman–Crippen LogP) is 3.68. The number of likely N-dealkylation sites (tertiary alicyclic amines) is 1. The first kappa shape index (κ1) is 22.0. The van der Waals surface area contributed by atoms with Crippen molar-refractivity contribution >= 4 is 17.5 Å². The summed E-state index contributed by atoms with van der Waals surface area (Å²) < 4.78 is 6.10. The smallest absolute Gasteiger partial charge is 0.253 e. The fraction of sp³-hybridized carbons (Fsp3) is 0.667. The first-order valence-corrected chi connectivity index (χ1v) is 10.0. The normalized spacial score (nSPS) is 17.6. The third kappa shape index (κ3) is 6.37. The van der Waals surface area contributed by atoms with Crippen molar-refractivity contribution in [2.45, 2.75) is 52.7 Å². The van der Waals surface area contributed by atoms with Crippen molar-refractivity contribution in [3.05, 3.63) is 28.8 Å². The lowest BCUT2D eigenvalue weighted by Crippen LogP contribution is -2.42. The first-order chi connectivity index (χ1) is 12.6. The van der Waals surface area contributed by atoms with Gasteiger partial charge in [-0.15, -0.1) is 0 Å². The van der Waals surface area contributed by atoms with E-state index in [0.717, 1.165) is 32.5 Å². The van der Waals surface area contributed by atoms with E-state index in [4.69, 9.17) is 16.3 Å². The second-order valence-corrected chi connectivity index (χ2v) is 9.15. The molecule has 27 heavy (non-hydrogen) atoms. The molecular weight excluding hydrogens is 364 g/mol. The van der Waals surface area contributed by atoms with Crippen LogP contribution in [0.4, 0.5) is 0 Å². The van der Waals surface area contributed by atoms with E-state index in [-0.39, 0.29) is 24.7 Å². The second kappa shape index (κ2) is 9.26. The monoisotopic (exact) mass is 396 g/mol. The van der Waals surface area contributed by atoms with E-state index in [1.54, 1.807) is 32.2 Å². The van der Waals surface area contributed by atoms with Gasteiger partial charge in [0.05, 0.1) is 17.7 Å². The van der Waals surface area contributed by atoms with E-state index in [9.17, 15) is 9.90 Å². The van der Waals surface area contributed by atoms with Gasteiger partial charge in [-0.3, -0.25) is 4.79 Å². The van der Waals surface area contributed by atoms with Gasteiger partial charge in [-0.25, -0.2) is 0 Å². The molecule has 0 bridgehead atoms. The Kier molecular flexibility index (Phi) is 7.55. The molecule has 2 rings (SSSR count). The summed E-state index contributed by atoms with van der Waals surface area (Å²) in [6, 6.07) is 4.91. The minimum atomic E-state index is -0.245. The van der Waals surface area contributed by atoms with Gasteiger partial charge >= 0.3 is 0 Å². The van der Waals surface area contributed by atoms with Crippen molar-refractivity contribution in [3.8, 4) is 5.75 Å². The Morgan fingerprint density at radius 1 is 1.37 bits per heavy atom. The van der Waals surface area contributed by atoms with Gasteiger partial charge in [0.2, 0.25) is 0 Å². The zero-order valence-corrected chi connectivity index (χ0v) is 17.9. The van der Waals surface area contributed by atoms with Crippen molar-refractivity contribution in [1.82, 2.24) is 9.80 Å². The average molecular weight is 397 g/mol. The summed E-state index contributed by atoms with van der Waals surface area (Å²) in [5.74, 6) is 0.459. The van der Waals surface area contributed by atoms with Crippen LogP contribution in [-0.4, -0.2) is 66.2 Å². The highest BCUT2D eigenvalue weighted by Crippen LogP contribution is 2.29. The molecule has 1 saturated heterocycles. The van der Waals surface area contributed by atoms with E-state index >= 15 is 0 Å². The number of carbonyl (C=O) groups is 1. The number of aliphatic hydroxyl groups excluding tert-OH is 1. The molecule has 0 spiro atoms. The molecule has 152 valence electrons. The van der Waals surface area contributed by atoms with Crippen LogP contribution in [0.5, 0.6) is 5.75 Å². The van der Waals surface area contributed by atoms with Crippen molar-refractivity contribution in [2.24, 2.45) is 5.41 Å². The molecule has 0 unspecified atom stereocenters. The Bertz CT molecular complexity index is 637. The number of amides is 1. The fourth-order valence-electron chi connectivity index (χ4n) is 3.29. The van der Waals surface area contributed by atoms with Crippen LogP contribution in [0.2, 0.25) is 5.02 Å². The van der Waals surface area contributed by atoms with Crippen molar-refractivity contribution in [2.75, 3.05) is 33.3 Å². The van der Waals surface area contributed by atoms with Crippen molar-refractivity contribution < 1.29 is 14.6 Å². The maximum absolute atomic E-state index is 12.5. The summed E-state index contributed by atoms with van der Waals surface area (Å²) in [4.78, 5) is 16.5. The minimum Gasteiger partial charge on any atom is -0.489 e. The number of aliphatic hydroxyl groups is 1. The number of hydrogen-bond donors (Lipinski definition) is 1. The van der Waals surface area contributed by atoms with E-state index in [2.05, 4.69) is 25.7 Å². The van der Waals surface area contributed by atoms with Crippen LogP contribution in [0, 0.1) is 5.41 Å². The summed E-state index contributed by atoms with van der Waals surface area (Å²) in [7, 11) is 1.67. The van der Waals surface area contributed by atoms with Crippen molar-refractivity contribution in [1.29, 1.82) is 0 Å². The SMILES string of the molecule is C[C@@H](CO)N(C)C(=O)c1ccc(OC2CCN(CC(C)(C)C)CC2)c(Cl)c1. The van der Waals surface area contributed by atoms with Gasteiger partial charge in [-0.1, -0.05) is 32.4 Å². The molecule has 1 N–H and O–H groups in total. The molecule has 1 fully saturated rings. The molecule has 0 radical (unpaired) electrons. The largest absolute Gasteiger partial charge is 0.489 e. The number of rotatable bonds is 6. The van der Waals surface area contributed by atoms with Gasteiger partial charge in [0.15, 0.2) is 0 Å². The number of hydrogen-bond acceptors (Lipinski definition) is 4. The minimum absolute atomic E-state index is 0.0783. The van der Waals surface area contributed by atoms with Crippen LogP contribution in [-0.2, 0) is 0 Å². The third-order valence-electron chi connectivity index (χ3n) is 4.95. The maximum Gasteiger partial charge on any atom is 0.253 e. The number of ether oxygens (including phenoxy) is 1. The summed E-state index contributed by atoms with van der Waals surface area (Å²) in [6.45, 7) is 11.6. The van der Waals surface area contributed by atoms with Gasteiger partial charge < -0.3 is 19.6 Å². The molecule has 1 aliphatic rings. The van der Waals surface area contributed by atoms with Gasteiger partial charge in [0.1, 0.15) is 11.9 Å². The lowest BCUT2D eigenvalue weighted by molar-refractivity contribution is 0.0681. The Hall–Kier alpha value is -1.30. The number of nitrogens with zero attached hydrogens (tertiary/aromatic N) is 2. The summed E-state index contributed by atoms with van der Waals surface area (Å²) in [5.41, 5.74) is 0.801. The summed E-state index contributed by atoms with van der Waals surface area (Å²) >= 11 is 6.37. The van der Waals surface area contributed by atoms with Gasteiger partial charge in [0, 0.05) is 32.2 Å². The van der Waals surface area contributed by atoms with Crippen LogP contribution >= 0.6 is 11.6 Å². The van der Waals surface area contributed by atoms with E-state index in [1.807, 2.05) is 0 Å². The molecule has 1 aromatic carbocycles. The number of benzene rings is 1. The molecule has 6 heteroatoms. The Morgan fingerprint density at radius 2 is 2.00 bits per heavy atom. The Labute approximate surface area is 168 Å². The van der Waals surface area contributed by atoms with Gasteiger partial charge in [-0.2, -0.15) is 0 Å². The molecule has 1 aliphatic heterocycles. The molecule has 0 saturated carbocycles. The molecule has 1 atom stereocenters. The summed E-state index contributed by atoms with van der Waals surface area (Å²) in [5, 5.41) is 9.67. The van der Waals surface area contributed by atoms with Crippen LogP contribution < -0.4 is 4.74 Å². The van der Waals surface area contributed by atoms with Crippen molar-refractivity contribution in [3.63, 3.8) is 0 Å². The van der Waals surface area contributed by atoms with E-state index in [0.29, 0.717) is 21.8 Å². The van der Waals surface area contributed by atoms with E-state index in [1.165, 1.54) is 4.90 Å². The second-order valence-electron chi connectivity index (χ2n) is 8.75. The maximum atomic E-state index is 12.5. The summed E-state index contributed by atoms with van der Waals surface area (Å²) in [6.07, 6.45) is 2.10. The van der Waals surface area contributed by atoms with Gasteiger partial charge in [-0.05, 0) is 43.4 Å². The zero-order chi connectivity index (χ0) is 20.2.